The Bertz CT molecular complexity index is 1170. The van der Waals surface area contributed by atoms with Crippen LogP contribution in [-0.2, 0) is 13.0 Å². The molecule has 1 N–H and O–H groups in total. The predicted octanol–water partition coefficient (Wildman–Crippen LogP) is 6.16. The van der Waals surface area contributed by atoms with Crippen molar-refractivity contribution in [2.24, 2.45) is 0 Å². The number of aromatic nitrogens is 1. The fraction of sp³-hybridized carbons (Fsp3) is 0.250. The molecular formula is C28H30N2O2. The zero-order chi connectivity index (χ0) is 22.3. The summed E-state index contributed by atoms with van der Waals surface area (Å²) in [6.45, 7) is 5.34. The number of fused-ring (bicyclic) bond motifs is 1. The molecule has 1 atom stereocenters. The van der Waals surface area contributed by atoms with E-state index in [-0.39, 0.29) is 11.9 Å². The van der Waals surface area contributed by atoms with Crippen molar-refractivity contribution >= 4 is 16.8 Å². The molecule has 0 unspecified atom stereocenters. The number of carbonyl (C=O) groups excluding carboxylic acids is 1. The summed E-state index contributed by atoms with van der Waals surface area (Å²) in [6, 6.07) is 28.4. The van der Waals surface area contributed by atoms with E-state index in [0.29, 0.717) is 12.3 Å². The van der Waals surface area contributed by atoms with E-state index < -0.39 is 0 Å². The number of aryl methyl sites for hydroxylation is 2. The molecule has 32 heavy (non-hydrogen) atoms. The van der Waals surface area contributed by atoms with Gasteiger partial charge in [0, 0.05) is 11.9 Å². The highest BCUT2D eigenvalue weighted by molar-refractivity contribution is 6.00. The minimum Gasteiger partial charge on any atom is -0.493 e. The minimum atomic E-state index is -0.0779. The summed E-state index contributed by atoms with van der Waals surface area (Å²) >= 11 is 0. The highest BCUT2D eigenvalue weighted by atomic mass is 16.5. The lowest BCUT2D eigenvalue weighted by molar-refractivity contribution is 0.0930. The Morgan fingerprint density at radius 1 is 0.969 bits per heavy atom. The molecule has 0 aliphatic rings. The van der Waals surface area contributed by atoms with Gasteiger partial charge >= 0.3 is 0 Å². The van der Waals surface area contributed by atoms with Crippen LogP contribution in [-0.4, -0.2) is 17.1 Å². The molecule has 0 aliphatic heterocycles. The zero-order valence-electron chi connectivity index (χ0n) is 18.8. The third-order valence-electron chi connectivity index (χ3n) is 5.78. The quantitative estimate of drug-likeness (QED) is 0.348. The van der Waals surface area contributed by atoms with Crippen LogP contribution in [0.25, 0.3) is 10.9 Å². The zero-order valence-corrected chi connectivity index (χ0v) is 18.8. The van der Waals surface area contributed by atoms with E-state index in [1.807, 2.05) is 68.4 Å². The SMILES string of the molecule is CCOc1cccc2c1cc(C(=O)N[C@@H](C)c1ccccc1)n2CCCc1ccccc1. The Morgan fingerprint density at radius 3 is 2.41 bits per heavy atom. The van der Waals surface area contributed by atoms with Gasteiger partial charge in [-0.1, -0.05) is 66.7 Å². The second-order valence-corrected chi connectivity index (χ2v) is 8.00. The second-order valence-electron chi connectivity index (χ2n) is 8.00. The van der Waals surface area contributed by atoms with Gasteiger partial charge in [-0.3, -0.25) is 4.79 Å². The van der Waals surface area contributed by atoms with Gasteiger partial charge in [0.05, 0.1) is 18.2 Å². The summed E-state index contributed by atoms with van der Waals surface area (Å²) in [5.74, 6) is 0.747. The molecule has 4 rings (SSSR count). The van der Waals surface area contributed by atoms with Crippen molar-refractivity contribution in [3.05, 3.63) is 102 Å². The van der Waals surface area contributed by atoms with Gasteiger partial charge in [0.25, 0.3) is 5.91 Å². The van der Waals surface area contributed by atoms with E-state index >= 15 is 0 Å². The van der Waals surface area contributed by atoms with Crippen molar-refractivity contribution in [3.8, 4) is 5.75 Å². The number of hydrogen-bond donors (Lipinski definition) is 1. The van der Waals surface area contributed by atoms with Crippen molar-refractivity contribution < 1.29 is 9.53 Å². The topological polar surface area (TPSA) is 43.3 Å². The molecule has 1 aromatic heterocycles. The van der Waals surface area contributed by atoms with Gasteiger partial charge in [0.2, 0.25) is 0 Å². The van der Waals surface area contributed by atoms with Crippen molar-refractivity contribution in [2.75, 3.05) is 6.61 Å². The summed E-state index contributed by atoms with van der Waals surface area (Å²) in [5, 5.41) is 4.15. The summed E-state index contributed by atoms with van der Waals surface area (Å²) in [4.78, 5) is 13.3. The highest BCUT2D eigenvalue weighted by Gasteiger charge is 2.19. The van der Waals surface area contributed by atoms with Crippen LogP contribution in [0.5, 0.6) is 5.75 Å². The number of nitrogens with zero attached hydrogens (tertiary/aromatic N) is 1. The van der Waals surface area contributed by atoms with Crippen LogP contribution in [0.4, 0.5) is 0 Å². The van der Waals surface area contributed by atoms with Gasteiger partial charge in [-0.2, -0.15) is 0 Å². The van der Waals surface area contributed by atoms with Crippen LogP contribution in [0, 0.1) is 0 Å². The van der Waals surface area contributed by atoms with E-state index in [4.69, 9.17) is 4.74 Å². The number of benzene rings is 3. The Labute approximate surface area is 189 Å². The number of nitrogens with one attached hydrogen (secondary N) is 1. The van der Waals surface area contributed by atoms with Crippen LogP contribution in [0.2, 0.25) is 0 Å². The van der Waals surface area contributed by atoms with Gasteiger partial charge < -0.3 is 14.6 Å². The average molecular weight is 427 g/mol. The van der Waals surface area contributed by atoms with Crippen molar-refractivity contribution in [1.29, 1.82) is 0 Å². The average Bonchev–Trinajstić information content (AvgIpc) is 3.20. The molecule has 1 heterocycles. The predicted molar refractivity (Wildman–Crippen MR) is 130 cm³/mol. The number of carbonyl (C=O) groups is 1. The van der Waals surface area contributed by atoms with Gasteiger partial charge in [-0.15, -0.1) is 0 Å². The molecule has 3 aromatic carbocycles. The standard InChI is InChI=1S/C28H30N2O2/c1-3-32-27-18-10-17-25-24(27)20-26(28(31)29-21(2)23-15-8-5-9-16-23)30(25)19-11-14-22-12-6-4-7-13-22/h4-10,12-13,15-18,20-21H,3,11,14,19H2,1-2H3,(H,29,31)/t21-/m0/s1. The summed E-state index contributed by atoms with van der Waals surface area (Å²) in [7, 11) is 0. The molecule has 0 radical (unpaired) electrons. The Kier molecular flexibility index (Phi) is 6.90. The molecule has 4 nitrogen and oxygen atoms in total. The van der Waals surface area contributed by atoms with Crippen molar-refractivity contribution in [3.63, 3.8) is 0 Å². The Morgan fingerprint density at radius 2 is 1.69 bits per heavy atom. The summed E-state index contributed by atoms with van der Waals surface area (Å²) in [5.41, 5.74) is 4.09. The van der Waals surface area contributed by atoms with Gasteiger partial charge in [0.15, 0.2) is 0 Å². The van der Waals surface area contributed by atoms with Gasteiger partial charge in [-0.05, 0) is 56.0 Å². The first-order valence-corrected chi connectivity index (χ1v) is 11.3. The lowest BCUT2D eigenvalue weighted by atomic mass is 10.1. The van der Waals surface area contributed by atoms with Crippen LogP contribution in [0.3, 0.4) is 0 Å². The third kappa shape index (κ3) is 4.86. The molecule has 0 spiro atoms. The molecule has 164 valence electrons. The number of hydrogen-bond acceptors (Lipinski definition) is 2. The molecule has 0 saturated heterocycles. The van der Waals surface area contributed by atoms with Crippen molar-refractivity contribution in [1.82, 2.24) is 9.88 Å². The summed E-state index contributed by atoms with van der Waals surface area (Å²) in [6.07, 6.45) is 1.91. The third-order valence-corrected chi connectivity index (χ3v) is 5.78. The van der Waals surface area contributed by atoms with E-state index in [1.54, 1.807) is 0 Å². The lowest BCUT2D eigenvalue weighted by Gasteiger charge is -2.16. The van der Waals surface area contributed by atoms with Gasteiger partial charge in [0.1, 0.15) is 11.4 Å². The first-order valence-electron chi connectivity index (χ1n) is 11.3. The van der Waals surface area contributed by atoms with E-state index in [9.17, 15) is 4.79 Å². The van der Waals surface area contributed by atoms with E-state index in [0.717, 1.165) is 41.6 Å². The molecule has 1 amide bonds. The maximum Gasteiger partial charge on any atom is 0.268 e. The van der Waals surface area contributed by atoms with Crippen LogP contribution in [0.1, 0.15) is 47.9 Å². The number of amides is 1. The lowest BCUT2D eigenvalue weighted by Crippen LogP contribution is -2.28. The fourth-order valence-electron chi connectivity index (χ4n) is 4.15. The molecule has 0 fully saturated rings. The molecule has 4 aromatic rings. The van der Waals surface area contributed by atoms with E-state index in [2.05, 4.69) is 40.2 Å². The monoisotopic (exact) mass is 426 g/mol. The maximum absolute atomic E-state index is 13.3. The Balaban J connectivity index is 1.62. The molecule has 4 heteroatoms. The normalized spacial score (nSPS) is 11.9. The minimum absolute atomic E-state index is 0.0697. The molecular weight excluding hydrogens is 396 g/mol. The molecule has 0 bridgehead atoms. The van der Waals surface area contributed by atoms with Crippen LogP contribution < -0.4 is 10.1 Å². The largest absolute Gasteiger partial charge is 0.493 e. The number of ether oxygens (including phenoxy) is 1. The van der Waals surface area contributed by atoms with Crippen molar-refractivity contribution in [2.45, 2.75) is 39.3 Å². The first-order chi connectivity index (χ1) is 15.7. The highest BCUT2D eigenvalue weighted by Crippen LogP contribution is 2.30. The Hall–Kier alpha value is -3.53. The van der Waals surface area contributed by atoms with Crippen LogP contribution >= 0.6 is 0 Å². The second kappa shape index (κ2) is 10.2. The fourth-order valence-corrected chi connectivity index (χ4v) is 4.15. The number of rotatable bonds is 9. The van der Waals surface area contributed by atoms with E-state index in [1.165, 1.54) is 5.56 Å². The summed E-state index contributed by atoms with van der Waals surface area (Å²) < 4.78 is 7.98. The molecule has 0 saturated carbocycles. The smallest absolute Gasteiger partial charge is 0.268 e. The maximum atomic E-state index is 13.3. The first kappa shape index (κ1) is 21.7. The van der Waals surface area contributed by atoms with Crippen LogP contribution in [0.15, 0.2) is 84.9 Å². The van der Waals surface area contributed by atoms with Gasteiger partial charge in [-0.25, -0.2) is 0 Å². The molecule has 0 aliphatic carbocycles.